The number of unbranched alkanes of at least 4 members (excludes halogenated alkanes) is 1. The van der Waals surface area contributed by atoms with Crippen molar-refractivity contribution < 1.29 is 41.0 Å². The molecule has 1 aromatic carbocycles. The van der Waals surface area contributed by atoms with Crippen LogP contribution in [-0.4, -0.2) is 23.0 Å². The molecule has 1 atom stereocenters. The van der Waals surface area contributed by atoms with Gasteiger partial charge < -0.3 is 10.4 Å². The number of alkyl halides is 6. The Labute approximate surface area is 144 Å². The zero-order chi connectivity index (χ0) is 20.1. The maximum Gasteiger partial charge on any atom is 0.416 e. The van der Waals surface area contributed by atoms with E-state index in [2.05, 4.69) is 6.58 Å². The molecule has 0 aromatic heterocycles. The third kappa shape index (κ3) is 6.08. The Kier molecular flexibility index (Phi) is 6.82. The van der Waals surface area contributed by atoms with Crippen molar-refractivity contribution in [2.75, 3.05) is 0 Å². The molecular formula is C16H15F6NO3. The molecule has 0 aliphatic rings. The van der Waals surface area contributed by atoms with E-state index in [0.717, 1.165) is 0 Å². The summed E-state index contributed by atoms with van der Waals surface area (Å²) in [6.45, 7) is 3.43. The summed E-state index contributed by atoms with van der Waals surface area (Å²) in [7, 11) is 0. The first kappa shape index (κ1) is 21.5. The average molecular weight is 383 g/mol. The van der Waals surface area contributed by atoms with Gasteiger partial charge in [-0.1, -0.05) is 6.08 Å². The Morgan fingerprint density at radius 2 is 1.58 bits per heavy atom. The summed E-state index contributed by atoms with van der Waals surface area (Å²) in [6.07, 6.45) is -8.02. The monoisotopic (exact) mass is 383 g/mol. The van der Waals surface area contributed by atoms with Crippen molar-refractivity contribution >= 4 is 11.9 Å². The van der Waals surface area contributed by atoms with E-state index < -0.39 is 47.0 Å². The van der Waals surface area contributed by atoms with Gasteiger partial charge in [-0.05, 0) is 37.5 Å². The number of nitrogens with one attached hydrogen (secondary N) is 1. The fourth-order valence-electron chi connectivity index (χ4n) is 2.05. The summed E-state index contributed by atoms with van der Waals surface area (Å²) >= 11 is 0. The molecule has 1 aromatic rings. The van der Waals surface area contributed by atoms with Gasteiger partial charge in [-0.2, -0.15) is 26.3 Å². The van der Waals surface area contributed by atoms with Gasteiger partial charge >= 0.3 is 18.3 Å². The Hall–Kier alpha value is -2.52. The van der Waals surface area contributed by atoms with Crippen LogP contribution < -0.4 is 5.32 Å². The van der Waals surface area contributed by atoms with Crippen LogP contribution in [0.1, 0.15) is 40.7 Å². The van der Waals surface area contributed by atoms with Crippen LogP contribution in [0, 0.1) is 0 Å². The minimum atomic E-state index is -5.10. The van der Waals surface area contributed by atoms with Crippen LogP contribution in [0.3, 0.4) is 0 Å². The molecule has 144 valence electrons. The van der Waals surface area contributed by atoms with Crippen molar-refractivity contribution in [2.45, 2.75) is 37.7 Å². The maximum atomic E-state index is 12.8. The third-order valence-electron chi connectivity index (χ3n) is 3.35. The molecule has 26 heavy (non-hydrogen) atoms. The van der Waals surface area contributed by atoms with Crippen LogP contribution in [0.2, 0.25) is 0 Å². The molecule has 1 rings (SSSR count). The maximum absolute atomic E-state index is 12.8. The van der Waals surface area contributed by atoms with Crippen molar-refractivity contribution in [3.05, 3.63) is 47.5 Å². The Morgan fingerprint density at radius 3 is 1.96 bits per heavy atom. The molecule has 0 aliphatic heterocycles. The Balaban J connectivity index is 3.17. The molecule has 0 spiro atoms. The highest BCUT2D eigenvalue weighted by Crippen LogP contribution is 2.36. The highest BCUT2D eigenvalue weighted by Gasteiger charge is 2.37. The number of amides is 1. The van der Waals surface area contributed by atoms with Crippen molar-refractivity contribution in [1.82, 2.24) is 5.32 Å². The quantitative estimate of drug-likeness (QED) is 0.420. The van der Waals surface area contributed by atoms with E-state index in [4.69, 9.17) is 5.11 Å². The molecule has 0 bridgehead atoms. The lowest BCUT2D eigenvalue weighted by Crippen LogP contribution is -2.40. The Bertz CT molecular complexity index is 649. The SMILES string of the molecule is C=CCCC[C@@H](NC(=O)c1cc(C(F)(F)F)cc(C(F)(F)F)c1)C(=O)O. The first-order chi connectivity index (χ1) is 11.9. The highest BCUT2D eigenvalue weighted by molar-refractivity contribution is 5.97. The number of carbonyl (C=O) groups is 2. The largest absolute Gasteiger partial charge is 0.480 e. The van der Waals surface area contributed by atoms with Gasteiger partial charge in [0.15, 0.2) is 0 Å². The first-order valence-electron chi connectivity index (χ1n) is 7.30. The lowest BCUT2D eigenvalue weighted by atomic mass is 10.0. The van der Waals surface area contributed by atoms with E-state index >= 15 is 0 Å². The number of carboxylic acid groups (broad SMARTS) is 1. The van der Waals surface area contributed by atoms with E-state index in [1.165, 1.54) is 6.08 Å². The minimum absolute atomic E-state index is 0.0574. The fourth-order valence-corrected chi connectivity index (χ4v) is 2.05. The molecule has 0 radical (unpaired) electrons. The van der Waals surface area contributed by atoms with Crippen LogP contribution >= 0.6 is 0 Å². The smallest absolute Gasteiger partial charge is 0.416 e. The number of carbonyl (C=O) groups excluding carboxylic acids is 1. The summed E-state index contributed by atoms with van der Waals surface area (Å²) in [5, 5.41) is 11.0. The van der Waals surface area contributed by atoms with Crippen molar-refractivity contribution in [2.24, 2.45) is 0 Å². The second-order valence-electron chi connectivity index (χ2n) is 5.38. The van der Waals surface area contributed by atoms with Crippen molar-refractivity contribution in [3.8, 4) is 0 Å². The number of hydrogen-bond acceptors (Lipinski definition) is 2. The van der Waals surface area contributed by atoms with E-state index in [1.54, 1.807) is 0 Å². The summed E-state index contributed by atoms with van der Waals surface area (Å²) < 4.78 is 76.8. The van der Waals surface area contributed by atoms with E-state index in [1.807, 2.05) is 5.32 Å². The lowest BCUT2D eigenvalue weighted by molar-refractivity contribution is -0.143. The second kappa shape index (κ2) is 8.24. The third-order valence-corrected chi connectivity index (χ3v) is 3.35. The molecule has 0 heterocycles. The summed E-state index contributed by atoms with van der Waals surface area (Å²) in [5.41, 5.74) is -4.24. The number of hydrogen-bond donors (Lipinski definition) is 2. The molecule has 0 fully saturated rings. The first-order valence-corrected chi connectivity index (χ1v) is 7.30. The molecular weight excluding hydrogens is 368 g/mol. The molecule has 0 saturated heterocycles. The van der Waals surface area contributed by atoms with Crippen molar-refractivity contribution in [1.29, 1.82) is 0 Å². The van der Waals surface area contributed by atoms with E-state index in [-0.39, 0.29) is 24.6 Å². The highest BCUT2D eigenvalue weighted by atomic mass is 19.4. The van der Waals surface area contributed by atoms with Crippen LogP contribution in [0.4, 0.5) is 26.3 Å². The predicted molar refractivity (Wildman–Crippen MR) is 79.4 cm³/mol. The molecule has 0 saturated carbocycles. The van der Waals surface area contributed by atoms with E-state index in [9.17, 15) is 35.9 Å². The molecule has 1 amide bonds. The van der Waals surface area contributed by atoms with Gasteiger partial charge in [-0.3, -0.25) is 4.79 Å². The minimum Gasteiger partial charge on any atom is -0.480 e. The number of halogens is 6. The van der Waals surface area contributed by atoms with Gasteiger partial charge in [0.25, 0.3) is 5.91 Å². The van der Waals surface area contributed by atoms with Gasteiger partial charge in [0.05, 0.1) is 11.1 Å². The van der Waals surface area contributed by atoms with E-state index in [0.29, 0.717) is 12.8 Å². The van der Waals surface area contributed by atoms with Crippen LogP contribution in [0.25, 0.3) is 0 Å². The predicted octanol–water partition coefficient (Wildman–Crippen LogP) is 4.26. The summed E-state index contributed by atoms with van der Waals surface area (Å²) in [4.78, 5) is 23.1. The standard InChI is InChI=1S/C16H15F6NO3/c1-2-3-4-5-12(14(25)26)23-13(24)9-6-10(15(17,18)19)8-11(7-9)16(20,21)22/h2,6-8,12H,1,3-5H2,(H,23,24)(H,25,26)/t12-/m1/s1. The zero-order valence-corrected chi connectivity index (χ0v) is 13.2. The number of carboxylic acids is 1. The molecule has 0 unspecified atom stereocenters. The lowest BCUT2D eigenvalue weighted by Gasteiger charge is -2.17. The van der Waals surface area contributed by atoms with Gasteiger partial charge in [-0.15, -0.1) is 6.58 Å². The van der Waals surface area contributed by atoms with Gasteiger partial charge in [-0.25, -0.2) is 4.79 Å². The summed E-state index contributed by atoms with van der Waals surface area (Å²) in [5.74, 6) is -2.79. The van der Waals surface area contributed by atoms with Crippen LogP contribution in [0.15, 0.2) is 30.9 Å². The number of aliphatic carboxylic acids is 1. The second-order valence-corrected chi connectivity index (χ2v) is 5.38. The topological polar surface area (TPSA) is 66.4 Å². The normalized spacial score (nSPS) is 13.2. The fraction of sp³-hybridized carbons (Fsp3) is 0.375. The number of benzene rings is 1. The van der Waals surface area contributed by atoms with Gasteiger partial charge in [0.2, 0.25) is 0 Å². The summed E-state index contributed by atoms with van der Waals surface area (Å²) in [6, 6.07) is -1.08. The average Bonchev–Trinajstić information content (AvgIpc) is 2.51. The van der Waals surface area contributed by atoms with Crippen LogP contribution in [0.5, 0.6) is 0 Å². The van der Waals surface area contributed by atoms with Crippen molar-refractivity contribution in [3.63, 3.8) is 0 Å². The zero-order valence-electron chi connectivity index (χ0n) is 13.2. The molecule has 4 nitrogen and oxygen atoms in total. The Morgan fingerprint density at radius 1 is 1.08 bits per heavy atom. The molecule has 0 aliphatic carbocycles. The van der Waals surface area contributed by atoms with Crippen LogP contribution in [-0.2, 0) is 17.1 Å². The van der Waals surface area contributed by atoms with Gasteiger partial charge in [0, 0.05) is 5.56 Å². The molecule has 2 N–H and O–H groups in total. The number of allylic oxidation sites excluding steroid dienone is 1. The number of rotatable bonds is 7. The molecule has 10 heteroatoms. The van der Waals surface area contributed by atoms with Gasteiger partial charge in [0.1, 0.15) is 6.04 Å².